The number of hydrogen-bond acceptors (Lipinski definition) is 4. The Kier molecular flexibility index (Phi) is 6.02. The number of rotatable bonds is 5. The fourth-order valence-corrected chi connectivity index (χ4v) is 6.23. The first-order valence-electron chi connectivity index (χ1n) is 8.52. The van der Waals surface area contributed by atoms with Crippen molar-refractivity contribution in [3.8, 4) is 0 Å². The molecule has 1 aromatic carbocycles. The van der Waals surface area contributed by atoms with Crippen LogP contribution < -0.4 is 0 Å². The number of hydrogen-bond donors (Lipinski definition) is 0. The largest absolute Gasteiger partial charge is 0.340 e. The SMILES string of the molecule is CCC(C(=O)N1CCN(S(=O)(=O)c2ccc(Cl)s2)CC1)c1ccccc1. The van der Waals surface area contributed by atoms with Crippen LogP contribution in [0, 0.1) is 0 Å². The van der Waals surface area contributed by atoms with Crippen LogP contribution in [0.25, 0.3) is 0 Å². The van der Waals surface area contributed by atoms with E-state index in [1.54, 1.807) is 11.0 Å². The maximum atomic E-state index is 12.9. The molecular formula is C18H21ClN2O3S2. The molecule has 1 fully saturated rings. The predicted octanol–water partition coefficient (Wildman–Crippen LogP) is 3.43. The normalized spacial score (nSPS) is 17.2. The van der Waals surface area contributed by atoms with E-state index in [0.717, 1.165) is 23.3 Å². The molecule has 0 N–H and O–H groups in total. The summed E-state index contributed by atoms with van der Waals surface area (Å²) in [6.07, 6.45) is 0.717. The zero-order valence-corrected chi connectivity index (χ0v) is 16.9. The number of carbonyl (C=O) groups excluding carboxylic acids is 1. The van der Waals surface area contributed by atoms with E-state index in [1.807, 2.05) is 37.3 Å². The highest BCUT2D eigenvalue weighted by molar-refractivity contribution is 7.91. The third-order valence-corrected chi connectivity index (χ3v) is 8.20. The molecule has 1 amide bonds. The molecule has 1 saturated heterocycles. The quantitative estimate of drug-likeness (QED) is 0.755. The van der Waals surface area contributed by atoms with Crippen molar-refractivity contribution in [3.63, 3.8) is 0 Å². The van der Waals surface area contributed by atoms with E-state index in [4.69, 9.17) is 11.6 Å². The average Bonchev–Trinajstić information content (AvgIpc) is 3.10. The minimum atomic E-state index is -3.54. The van der Waals surface area contributed by atoms with E-state index in [1.165, 1.54) is 10.4 Å². The lowest BCUT2D eigenvalue weighted by Crippen LogP contribution is -2.51. The van der Waals surface area contributed by atoms with Crippen LogP contribution in [-0.2, 0) is 14.8 Å². The molecule has 0 bridgehead atoms. The Morgan fingerprint density at radius 2 is 1.77 bits per heavy atom. The summed E-state index contributed by atoms with van der Waals surface area (Å²) in [4.78, 5) is 14.7. The van der Waals surface area contributed by atoms with E-state index < -0.39 is 10.0 Å². The Balaban J connectivity index is 1.67. The highest BCUT2D eigenvalue weighted by atomic mass is 35.5. The summed E-state index contributed by atoms with van der Waals surface area (Å²) in [5.74, 6) is -0.120. The van der Waals surface area contributed by atoms with Crippen molar-refractivity contribution in [2.75, 3.05) is 26.2 Å². The number of piperazine rings is 1. The maximum absolute atomic E-state index is 12.9. The Hall–Kier alpha value is -1.41. The van der Waals surface area contributed by atoms with Gasteiger partial charge in [0.25, 0.3) is 10.0 Å². The topological polar surface area (TPSA) is 57.7 Å². The minimum Gasteiger partial charge on any atom is -0.340 e. The molecular weight excluding hydrogens is 392 g/mol. The molecule has 3 rings (SSSR count). The van der Waals surface area contributed by atoms with Crippen molar-refractivity contribution >= 4 is 38.9 Å². The molecule has 1 unspecified atom stereocenters. The van der Waals surface area contributed by atoms with Gasteiger partial charge in [0.1, 0.15) is 4.21 Å². The molecule has 1 aliphatic heterocycles. The van der Waals surface area contributed by atoms with Crippen LogP contribution in [-0.4, -0.2) is 49.7 Å². The summed E-state index contributed by atoms with van der Waals surface area (Å²) in [5.41, 5.74) is 1.00. The van der Waals surface area contributed by atoms with Gasteiger partial charge in [0.2, 0.25) is 5.91 Å². The summed E-state index contributed by atoms with van der Waals surface area (Å²) in [6.45, 7) is 3.40. The highest BCUT2D eigenvalue weighted by Crippen LogP contribution is 2.29. The van der Waals surface area contributed by atoms with Crippen LogP contribution in [0.4, 0.5) is 0 Å². The maximum Gasteiger partial charge on any atom is 0.252 e. The van der Waals surface area contributed by atoms with Gasteiger partial charge in [0, 0.05) is 26.2 Å². The van der Waals surface area contributed by atoms with E-state index in [2.05, 4.69) is 0 Å². The molecule has 0 radical (unpaired) electrons. The first-order valence-corrected chi connectivity index (χ1v) is 11.2. The van der Waals surface area contributed by atoms with Crippen LogP contribution >= 0.6 is 22.9 Å². The van der Waals surface area contributed by atoms with Gasteiger partial charge < -0.3 is 4.90 Å². The van der Waals surface area contributed by atoms with Crippen molar-refractivity contribution < 1.29 is 13.2 Å². The molecule has 8 heteroatoms. The summed E-state index contributed by atoms with van der Waals surface area (Å²) in [5, 5.41) is 0. The van der Waals surface area contributed by atoms with E-state index in [-0.39, 0.29) is 16.0 Å². The number of nitrogens with zero attached hydrogens (tertiary/aromatic N) is 2. The zero-order chi connectivity index (χ0) is 18.7. The van der Waals surface area contributed by atoms with E-state index >= 15 is 0 Å². The molecule has 5 nitrogen and oxygen atoms in total. The fraction of sp³-hybridized carbons (Fsp3) is 0.389. The Bertz CT molecular complexity index is 860. The van der Waals surface area contributed by atoms with Gasteiger partial charge in [-0.2, -0.15) is 4.31 Å². The molecule has 0 aliphatic carbocycles. The Morgan fingerprint density at radius 3 is 2.31 bits per heavy atom. The summed E-state index contributed by atoms with van der Waals surface area (Å²) in [7, 11) is -3.54. The molecule has 140 valence electrons. The number of halogens is 1. The van der Waals surface area contributed by atoms with Gasteiger partial charge in [-0.25, -0.2) is 8.42 Å². The fourth-order valence-electron chi connectivity index (χ4n) is 3.17. The lowest BCUT2D eigenvalue weighted by molar-refractivity contribution is -0.134. The smallest absolute Gasteiger partial charge is 0.252 e. The Labute approximate surface area is 163 Å². The van der Waals surface area contributed by atoms with Crippen molar-refractivity contribution in [3.05, 3.63) is 52.4 Å². The third kappa shape index (κ3) is 3.96. The van der Waals surface area contributed by atoms with E-state index in [0.29, 0.717) is 30.5 Å². The number of amides is 1. The lowest BCUT2D eigenvalue weighted by atomic mass is 9.95. The number of sulfonamides is 1. The van der Waals surface area contributed by atoms with Gasteiger partial charge in [-0.3, -0.25) is 4.79 Å². The van der Waals surface area contributed by atoms with Gasteiger partial charge in [-0.1, -0.05) is 48.9 Å². The number of carbonyl (C=O) groups is 1. The summed E-state index contributed by atoms with van der Waals surface area (Å²) < 4.78 is 27.5. The second-order valence-electron chi connectivity index (χ2n) is 6.16. The second-order valence-corrected chi connectivity index (χ2v) is 10.0. The van der Waals surface area contributed by atoms with Crippen LogP contribution in [0.15, 0.2) is 46.7 Å². The molecule has 2 heterocycles. The molecule has 0 spiro atoms. The standard InChI is InChI=1S/C18H21ClN2O3S2/c1-2-15(14-6-4-3-5-7-14)18(22)20-10-12-21(13-11-20)26(23,24)17-9-8-16(19)25-17/h3-9,15H,2,10-13H2,1H3. The predicted molar refractivity (Wildman–Crippen MR) is 104 cm³/mol. The Morgan fingerprint density at radius 1 is 1.12 bits per heavy atom. The number of thiophene rings is 1. The lowest BCUT2D eigenvalue weighted by Gasteiger charge is -2.35. The van der Waals surface area contributed by atoms with Crippen LogP contribution in [0.2, 0.25) is 4.34 Å². The monoisotopic (exact) mass is 412 g/mol. The molecule has 1 atom stereocenters. The first-order chi connectivity index (χ1) is 12.4. The van der Waals surface area contributed by atoms with Crippen molar-refractivity contribution in [2.24, 2.45) is 0 Å². The van der Waals surface area contributed by atoms with E-state index in [9.17, 15) is 13.2 Å². The van der Waals surface area contributed by atoms with Crippen molar-refractivity contribution in [2.45, 2.75) is 23.5 Å². The zero-order valence-electron chi connectivity index (χ0n) is 14.5. The molecule has 1 aromatic heterocycles. The minimum absolute atomic E-state index is 0.0647. The van der Waals surface area contributed by atoms with Gasteiger partial charge in [-0.15, -0.1) is 11.3 Å². The first kappa shape index (κ1) is 19.4. The van der Waals surface area contributed by atoms with Crippen LogP contribution in [0.3, 0.4) is 0 Å². The third-order valence-electron chi connectivity index (χ3n) is 4.60. The van der Waals surface area contributed by atoms with Crippen LogP contribution in [0.5, 0.6) is 0 Å². The summed E-state index contributed by atoms with van der Waals surface area (Å²) in [6, 6.07) is 12.8. The molecule has 26 heavy (non-hydrogen) atoms. The molecule has 2 aromatic rings. The molecule has 1 aliphatic rings. The van der Waals surface area contributed by atoms with Gasteiger partial charge in [-0.05, 0) is 24.1 Å². The van der Waals surface area contributed by atoms with Crippen LogP contribution in [0.1, 0.15) is 24.8 Å². The van der Waals surface area contributed by atoms with Gasteiger partial charge >= 0.3 is 0 Å². The van der Waals surface area contributed by atoms with Gasteiger partial charge in [0.15, 0.2) is 0 Å². The molecule has 0 saturated carbocycles. The second kappa shape index (κ2) is 8.08. The number of benzene rings is 1. The van der Waals surface area contributed by atoms with Gasteiger partial charge in [0.05, 0.1) is 10.3 Å². The summed E-state index contributed by atoms with van der Waals surface area (Å²) >= 11 is 6.92. The average molecular weight is 413 g/mol. The highest BCUT2D eigenvalue weighted by Gasteiger charge is 2.33. The van der Waals surface area contributed by atoms with Crippen molar-refractivity contribution in [1.29, 1.82) is 0 Å². The van der Waals surface area contributed by atoms with Crippen molar-refractivity contribution in [1.82, 2.24) is 9.21 Å².